The molecule has 34 heavy (non-hydrogen) atoms. The van der Waals surface area contributed by atoms with Crippen LogP contribution in [0.5, 0.6) is 0 Å². The summed E-state index contributed by atoms with van der Waals surface area (Å²) in [5.41, 5.74) is 5.16. The number of aliphatic hydroxyl groups excluding tert-OH is 1. The van der Waals surface area contributed by atoms with Gasteiger partial charge in [0.25, 0.3) is 0 Å². The van der Waals surface area contributed by atoms with Crippen LogP contribution in [0.4, 0.5) is 0 Å². The van der Waals surface area contributed by atoms with Gasteiger partial charge in [0.15, 0.2) is 0 Å². The van der Waals surface area contributed by atoms with Gasteiger partial charge in [-0.15, -0.1) is 0 Å². The average Bonchev–Trinajstić information content (AvgIpc) is 2.82. The summed E-state index contributed by atoms with van der Waals surface area (Å²) in [4.78, 5) is 21.0. The molecule has 0 aromatic heterocycles. The van der Waals surface area contributed by atoms with E-state index in [0.29, 0.717) is 6.42 Å². The lowest BCUT2D eigenvalue weighted by molar-refractivity contribution is -0.147. The van der Waals surface area contributed by atoms with Crippen LogP contribution < -0.4 is 5.73 Å². The van der Waals surface area contributed by atoms with Gasteiger partial charge in [-0.25, -0.2) is 4.57 Å². The second-order valence-electron chi connectivity index (χ2n) is 7.70. The number of ether oxygens (including phenoxy) is 1. The number of aliphatic hydroxyl groups is 1. The highest BCUT2D eigenvalue weighted by molar-refractivity contribution is 7.47. The third-order valence-corrected chi connectivity index (χ3v) is 5.43. The fourth-order valence-electron chi connectivity index (χ4n) is 2.62. The SMILES string of the molecule is CCCCC/C=C/C/C=C/C/C=C/C/C=C/CCCC(=O)OC[C@@H](O)COP(=O)(O)OCCN. The summed E-state index contributed by atoms with van der Waals surface area (Å²) in [6.45, 7) is 1.33. The van der Waals surface area contributed by atoms with E-state index in [2.05, 4.69) is 58.5 Å². The minimum absolute atomic E-state index is 0.0646. The first kappa shape index (κ1) is 32.5. The Labute approximate surface area is 205 Å². The third kappa shape index (κ3) is 23.6. The zero-order valence-corrected chi connectivity index (χ0v) is 21.5. The predicted molar refractivity (Wildman–Crippen MR) is 136 cm³/mol. The zero-order chi connectivity index (χ0) is 25.3. The van der Waals surface area contributed by atoms with Crippen LogP contribution in [0.25, 0.3) is 0 Å². The molecular weight excluding hydrogens is 457 g/mol. The molecule has 0 aliphatic carbocycles. The quantitative estimate of drug-likeness (QED) is 0.0806. The van der Waals surface area contributed by atoms with Crippen LogP contribution in [0.2, 0.25) is 0 Å². The van der Waals surface area contributed by atoms with Crippen molar-refractivity contribution in [3.8, 4) is 0 Å². The summed E-state index contributed by atoms with van der Waals surface area (Å²) in [6.07, 6.45) is 25.4. The molecule has 0 amide bonds. The van der Waals surface area contributed by atoms with Crippen LogP contribution in [0.15, 0.2) is 48.6 Å². The summed E-state index contributed by atoms with van der Waals surface area (Å²) in [7, 11) is -4.26. The van der Waals surface area contributed by atoms with Crippen LogP contribution in [-0.2, 0) is 23.1 Å². The van der Waals surface area contributed by atoms with Gasteiger partial charge in [-0.3, -0.25) is 13.8 Å². The molecular formula is C25H44NO7P. The van der Waals surface area contributed by atoms with Crippen LogP contribution in [0.3, 0.4) is 0 Å². The van der Waals surface area contributed by atoms with Crippen molar-refractivity contribution < 1.29 is 33.1 Å². The molecule has 0 bridgehead atoms. The lowest BCUT2D eigenvalue weighted by Crippen LogP contribution is -2.23. The Hall–Kier alpha value is -1.54. The summed E-state index contributed by atoms with van der Waals surface area (Å²) < 4.78 is 25.5. The summed E-state index contributed by atoms with van der Waals surface area (Å²) in [5, 5.41) is 9.67. The van der Waals surface area contributed by atoms with Crippen molar-refractivity contribution in [2.45, 2.75) is 77.2 Å². The number of phosphoric acid groups is 1. The van der Waals surface area contributed by atoms with Gasteiger partial charge < -0.3 is 20.5 Å². The molecule has 0 spiro atoms. The molecule has 0 fully saturated rings. The molecule has 9 heteroatoms. The number of unbranched alkanes of at least 4 members (excludes halogenated alkanes) is 4. The van der Waals surface area contributed by atoms with E-state index in [1.54, 1.807) is 0 Å². The van der Waals surface area contributed by atoms with Gasteiger partial charge in [-0.1, -0.05) is 68.4 Å². The Kier molecular flexibility index (Phi) is 22.2. The highest BCUT2D eigenvalue weighted by atomic mass is 31.2. The van der Waals surface area contributed by atoms with Gasteiger partial charge in [0, 0.05) is 13.0 Å². The zero-order valence-electron chi connectivity index (χ0n) is 20.6. The first-order valence-corrected chi connectivity index (χ1v) is 13.7. The number of carbonyl (C=O) groups excluding carboxylic acids is 1. The number of rotatable bonds is 22. The van der Waals surface area contributed by atoms with Crippen molar-refractivity contribution in [3.63, 3.8) is 0 Å². The Balaban J connectivity index is 3.68. The number of esters is 1. The normalized spacial score (nSPS) is 15.1. The largest absolute Gasteiger partial charge is 0.472 e. The van der Waals surface area contributed by atoms with Crippen molar-refractivity contribution in [2.75, 3.05) is 26.4 Å². The second kappa shape index (κ2) is 23.2. The van der Waals surface area contributed by atoms with Crippen molar-refractivity contribution in [2.24, 2.45) is 5.73 Å². The fourth-order valence-corrected chi connectivity index (χ4v) is 3.39. The highest BCUT2D eigenvalue weighted by Crippen LogP contribution is 2.42. The number of hydrogen-bond acceptors (Lipinski definition) is 7. The van der Waals surface area contributed by atoms with Crippen molar-refractivity contribution in [1.29, 1.82) is 0 Å². The number of carbonyl (C=O) groups is 1. The van der Waals surface area contributed by atoms with Crippen LogP contribution in [0, 0.1) is 0 Å². The first-order valence-electron chi connectivity index (χ1n) is 12.2. The molecule has 0 aliphatic heterocycles. The standard InChI is InChI=1S/C25H44NO7P/c1-2-3-4-5-6-7-8-9-10-11-12-13-14-15-16-17-18-19-25(28)31-22-24(27)23-33-34(29,30)32-21-20-26/h6-7,9-10,12-13,15-16,24,27H,2-5,8,11,14,17-23,26H2,1H3,(H,29,30)/b7-6+,10-9+,13-12+,16-15+/t24-/m1/s1. The Bertz CT molecular complexity index is 662. The minimum Gasteiger partial charge on any atom is -0.463 e. The molecule has 2 atom stereocenters. The van der Waals surface area contributed by atoms with Gasteiger partial charge in [-0.2, -0.15) is 0 Å². The lowest BCUT2D eigenvalue weighted by atomic mass is 10.2. The van der Waals surface area contributed by atoms with Gasteiger partial charge in [0.05, 0.1) is 13.2 Å². The Morgan fingerprint density at radius 2 is 1.44 bits per heavy atom. The van der Waals surface area contributed by atoms with E-state index in [9.17, 15) is 19.4 Å². The fraction of sp³-hybridized carbons (Fsp3) is 0.640. The third-order valence-electron chi connectivity index (χ3n) is 4.45. The molecule has 196 valence electrons. The van der Waals surface area contributed by atoms with Gasteiger partial charge >= 0.3 is 13.8 Å². The van der Waals surface area contributed by atoms with Crippen molar-refractivity contribution >= 4 is 13.8 Å². The van der Waals surface area contributed by atoms with Crippen molar-refractivity contribution in [1.82, 2.24) is 0 Å². The van der Waals surface area contributed by atoms with E-state index < -0.39 is 26.5 Å². The van der Waals surface area contributed by atoms with Crippen LogP contribution in [-0.4, -0.2) is 48.4 Å². The maximum Gasteiger partial charge on any atom is 0.472 e. The van der Waals surface area contributed by atoms with Crippen LogP contribution >= 0.6 is 7.82 Å². The molecule has 0 rings (SSSR count). The summed E-state index contributed by atoms with van der Waals surface area (Å²) in [5.74, 6) is -0.443. The first-order chi connectivity index (χ1) is 16.4. The average molecular weight is 502 g/mol. The molecule has 0 aromatic rings. The number of nitrogens with two attached hydrogens (primary N) is 1. The van der Waals surface area contributed by atoms with E-state index in [-0.39, 0.29) is 26.2 Å². The molecule has 1 unspecified atom stereocenters. The Morgan fingerprint density at radius 3 is 2.00 bits per heavy atom. The highest BCUT2D eigenvalue weighted by Gasteiger charge is 2.22. The Morgan fingerprint density at radius 1 is 0.882 bits per heavy atom. The monoisotopic (exact) mass is 501 g/mol. The van der Waals surface area contributed by atoms with Gasteiger partial charge in [-0.05, 0) is 44.9 Å². The molecule has 0 saturated heterocycles. The maximum atomic E-state index is 11.7. The van der Waals surface area contributed by atoms with Crippen molar-refractivity contribution in [3.05, 3.63) is 48.6 Å². The van der Waals surface area contributed by atoms with E-state index >= 15 is 0 Å². The molecule has 8 nitrogen and oxygen atoms in total. The lowest BCUT2D eigenvalue weighted by Gasteiger charge is -2.15. The molecule has 0 heterocycles. The molecule has 4 N–H and O–H groups in total. The molecule has 0 radical (unpaired) electrons. The number of phosphoric ester groups is 1. The second-order valence-corrected chi connectivity index (χ2v) is 9.16. The summed E-state index contributed by atoms with van der Waals surface area (Å²) >= 11 is 0. The van der Waals surface area contributed by atoms with E-state index in [1.165, 1.54) is 25.7 Å². The van der Waals surface area contributed by atoms with E-state index in [4.69, 9.17) is 10.5 Å². The minimum atomic E-state index is -4.26. The van der Waals surface area contributed by atoms with Gasteiger partial charge in [0.2, 0.25) is 0 Å². The topological polar surface area (TPSA) is 128 Å². The van der Waals surface area contributed by atoms with Crippen LogP contribution in [0.1, 0.15) is 71.1 Å². The predicted octanol–water partition coefficient (Wildman–Crippen LogP) is 5.13. The smallest absolute Gasteiger partial charge is 0.463 e. The molecule has 0 aliphatic rings. The molecule has 0 saturated carbocycles. The van der Waals surface area contributed by atoms with Gasteiger partial charge in [0.1, 0.15) is 12.7 Å². The number of hydrogen-bond donors (Lipinski definition) is 3. The summed E-state index contributed by atoms with van der Waals surface area (Å²) in [6, 6.07) is 0. The van der Waals surface area contributed by atoms with E-state index in [0.717, 1.165) is 25.7 Å². The number of allylic oxidation sites excluding steroid dienone is 8. The molecule has 0 aromatic carbocycles. The maximum absolute atomic E-state index is 11.7. The van der Waals surface area contributed by atoms with E-state index in [1.807, 2.05) is 6.08 Å².